The van der Waals surface area contributed by atoms with Gasteiger partial charge in [-0.15, -0.1) is 11.8 Å². The molecule has 0 saturated carbocycles. The van der Waals surface area contributed by atoms with E-state index in [2.05, 4.69) is 21.3 Å². The topological polar surface area (TPSA) is 143 Å². The fourth-order valence-corrected chi connectivity index (χ4v) is 5.17. The van der Waals surface area contributed by atoms with E-state index in [9.17, 15) is 24.0 Å². The van der Waals surface area contributed by atoms with Crippen LogP contribution in [-0.4, -0.2) is 75.4 Å². The zero-order chi connectivity index (χ0) is 26.4. The number of ketones is 1. The van der Waals surface area contributed by atoms with Crippen LogP contribution >= 0.6 is 35.7 Å². The zero-order valence-corrected chi connectivity index (χ0v) is 23.1. The minimum absolute atomic E-state index is 0.158. The molecule has 194 valence electrons. The van der Waals surface area contributed by atoms with Crippen molar-refractivity contribution in [1.82, 2.24) is 21.3 Å². The third kappa shape index (κ3) is 16.7. The lowest BCUT2D eigenvalue weighted by Gasteiger charge is -2.22. The summed E-state index contributed by atoms with van der Waals surface area (Å²) in [5.74, 6) is -0.617. The van der Waals surface area contributed by atoms with Crippen molar-refractivity contribution < 1.29 is 28.7 Å². The largest absolute Gasteiger partial charge is 0.444 e. The van der Waals surface area contributed by atoms with Crippen molar-refractivity contribution in [2.75, 3.05) is 31.9 Å². The highest BCUT2D eigenvalue weighted by molar-refractivity contribution is 8.47. The molecule has 4 amide bonds. The number of carbonyl (C=O) groups excluding carboxylic acids is 5. The Morgan fingerprint density at radius 3 is 1.97 bits per heavy atom. The van der Waals surface area contributed by atoms with Crippen molar-refractivity contribution in [1.29, 1.82) is 0 Å². The fraction of sp³-hybridized carbons (Fsp3) is 0.714. The van der Waals surface area contributed by atoms with Crippen LogP contribution in [0.5, 0.6) is 0 Å². The second kappa shape index (κ2) is 15.9. The lowest BCUT2D eigenvalue weighted by molar-refractivity contribution is -0.127. The Hall–Kier alpha value is -1.86. The van der Waals surface area contributed by atoms with E-state index in [1.54, 1.807) is 34.6 Å². The maximum Gasteiger partial charge on any atom is 0.408 e. The quantitative estimate of drug-likeness (QED) is 0.204. The van der Waals surface area contributed by atoms with Gasteiger partial charge in [0.05, 0.1) is 17.8 Å². The number of nitrogens with one attached hydrogen (secondary N) is 4. The molecule has 0 aliphatic carbocycles. The highest BCUT2D eigenvalue weighted by atomic mass is 32.2. The van der Waals surface area contributed by atoms with Crippen molar-refractivity contribution in [2.45, 2.75) is 64.7 Å². The number of carbonyl (C=O) groups is 5. The minimum atomic E-state index is -0.741. The Kier molecular flexibility index (Phi) is 15.1. The Balaban J connectivity index is 4.02. The molecule has 0 heterocycles. The fourth-order valence-electron chi connectivity index (χ4n) is 2.16. The van der Waals surface area contributed by atoms with E-state index in [0.29, 0.717) is 16.5 Å². The average Bonchev–Trinajstić information content (AvgIpc) is 2.70. The number of thioether (sulfide) groups is 2. The van der Waals surface area contributed by atoms with E-state index >= 15 is 0 Å². The van der Waals surface area contributed by atoms with E-state index in [0.717, 1.165) is 5.75 Å². The van der Waals surface area contributed by atoms with Gasteiger partial charge in [0.15, 0.2) is 5.78 Å². The molecule has 0 rings (SSSR count). The molecule has 10 nitrogen and oxygen atoms in total. The molecule has 0 aromatic carbocycles. The van der Waals surface area contributed by atoms with Crippen molar-refractivity contribution in [3.63, 3.8) is 0 Å². The second-order valence-corrected chi connectivity index (χ2v) is 12.7. The van der Waals surface area contributed by atoms with Gasteiger partial charge in [-0.3, -0.25) is 19.2 Å². The molecule has 0 unspecified atom stereocenters. The first-order chi connectivity index (χ1) is 15.7. The van der Waals surface area contributed by atoms with Crippen LogP contribution in [0.1, 0.15) is 54.4 Å². The van der Waals surface area contributed by atoms with Crippen molar-refractivity contribution >= 4 is 68.9 Å². The van der Waals surface area contributed by atoms with Crippen LogP contribution in [0, 0.1) is 0 Å². The number of alkyl carbamates (subject to hydrolysis) is 1. The van der Waals surface area contributed by atoms with E-state index in [-0.39, 0.29) is 37.7 Å². The summed E-state index contributed by atoms with van der Waals surface area (Å²) >= 11 is 8.09. The second-order valence-electron chi connectivity index (χ2n) is 8.60. The van der Waals surface area contributed by atoms with Gasteiger partial charge in [0, 0.05) is 13.0 Å². The van der Waals surface area contributed by atoms with Gasteiger partial charge in [-0.1, -0.05) is 30.9 Å². The molecule has 34 heavy (non-hydrogen) atoms. The predicted octanol–water partition coefficient (Wildman–Crippen LogP) is 1.76. The monoisotopic (exact) mass is 536 g/mol. The number of amides is 4. The van der Waals surface area contributed by atoms with E-state index in [1.165, 1.54) is 23.5 Å². The number of Topliss-reactive ketones (excluding diaryl/α,β-unsaturated/α-hetero) is 1. The van der Waals surface area contributed by atoms with Gasteiger partial charge in [-0.25, -0.2) is 4.79 Å². The lowest BCUT2D eigenvalue weighted by atomic mass is 10.2. The first kappa shape index (κ1) is 32.1. The summed E-state index contributed by atoms with van der Waals surface area (Å²) in [6.07, 6.45) is -0.123. The first-order valence-electron chi connectivity index (χ1n) is 10.8. The van der Waals surface area contributed by atoms with E-state index in [1.807, 2.05) is 6.92 Å². The number of rotatable bonds is 13. The highest BCUT2D eigenvalue weighted by Gasteiger charge is 2.29. The number of thiocarbonyl (C=S) groups is 1. The SMILES string of the molecule is CCSC(=S)SC(C)(C)C(=O)NCCCC(=O)CNC(=O)CNC(=O)CNC(=O)OC(C)(C)C. The van der Waals surface area contributed by atoms with Crippen LogP contribution in [-0.2, 0) is 23.9 Å². The maximum absolute atomic E-state index is 12.3. The summed E-state index contributed by atoms with van der Waals surface area (Å²) in [7, 11) is 0. The maximum atomic E-state index is 12.3. The van der Waals surface area contributed by atoms with E-state index in [4.69, 9.17) is 17.0 Å². The summed E-state index contributed by atoms with van der Waals surface area (Å²) in [6, 6.07) is 0. The van der Waals surface area contributed by atoms with Crippen LogP contribution in [0.4, 0.5) is 4.79 Å². The molecule has 0 bridgehead atoms. The Morgan fingerprint density at radius 2 is 1.41 bits per heavy atom. The molecule has 0 saturated heterocycles. The van der Waals surface area contributed by atoms with Crippen LogP contribution in [0.2, 0.25) is 0 Å². The van der Waals surface area contributed by atoms with Gasteiger partial charge in [-0.2, -0.15) is 0 Å². The molecule has 0 aliphatic rings. The van der Waals surface area contributed by atoms with Crippen LogP contribution in [0.15, 0.2) is 0 Å². The Labute approximate surface area is 215 Å². The molecule has 13 heteroatoms. The van der Waals surface area contributed by atoms with Crippen molar-refractivity contribution in [2.24, 2.45) is 0 Å². The first-order valence-corrected chi connectivity index (χ1v) is 13.0. The van der Waals surface area contributed by atoms with Gasteiger partial charge < -0.3 is 26.0 Å². The van der Waals surface area contributed by atoms with Gasteiger partial charge in [0.2, 0.25) is 17.7 Å². The van der Waals surface area contributed by atoms with E-state index < -0.39 is 28.3 Å². The van der Waals surface area contributed by atoms with Crippen molar-refractivity contribution in [3.05, 3.63) is 0 Å². The molecule has 0 atom stereocenters. The molecule has 0 spiro atoms. The molecule has 0 fully saturated rings. The third-order valence-corrected chi connectivity index (χ3v) is 6.38. The summed E-state index contributed by atoms with van der Waals surface area (Å²) in [6.45, 7) is 10.1. The molecular formula is C21H36N4O6S3. The van der Waals surface area contributed by atoms with Gasteiger partial charge >= 0.3 is 6.09 Å². The summed E-state index contributed by atoms with van der Waals surface area (Å²) in [5, 5.41) is 9.83. The molecule has 0 aliphatic heterocycles. The Morgan fingerprint density at radius 1 is 0.853 bits per heavy atom. The van der Waals surface area contributed by atoms with Crippen molar-refractivity contribution in [3.8, 4) is 0 Å². The van der Waals surface area contributed by atoms with Gasteiger partial charge in [0.25, 0.3) is 0 Å². The highest BCUT2D eigenvalue weighted by Crippen LogP contribution is 2.30. The molecule has 0 radical (unpaired) electrons. The molecule has 4 N–H and O–H groups in total. The third-order valence-electron chi connectivity index (χ3n) is 3.79. The standard InChI is InChI=1S/C21H36N4O6S3/c1-7-33-19(32)34-21(5,6)17(29)22-10-8-9-14(26)11-23-15(27)12-24-16(28)13-25-18(30)31-20(2,3)4/h7-13H2,1-6H3,(H,22,29)(H,23,27)(H,24,28)(H,25,30). The van der Waals surface area contributed by atoms with Gasteiger partial charge in [0.1, 0.15) is 15.7 Å². The van der Waals surface area contributed by atoms with Gasteiger partial charge in [-0.05, 0) is 46.8 Å². The number of hydrogen-bond donors (Lipinski definition) is 4. The summed E-state index contributed by atoms with van der Waals surface area (Å²) in [5.41, 5.74) is -0.685. The molecule has 0 aromatic rings. The molecule has 0 aromatic heterocycles. The normalized spacial score (nSPS) is 11.2. The van der Waals surface area contributed by atoms with Crippen LogP contribution in [0.25, 0.3) is 0 Å². The molecular weight excluding hydrogens is 500 g/mol. The minimum Gasteiger partial charge on any atom is -0.444 e. The van der Waals surface area contributed by atoms with Crippen LogP contribution < -0.4 is 21.3 Å². The number of ether oxygens (including phenoxy) is 1. The number of hydrogen-bond acceptors (Lipinski definition) is 9. The average molecular weight is 537 g/mol. The zero-order valence-electron chi connectivity index (χ0n) is 20.6. The van der Waals surface area contributed by atoms with Crippen LogP contribution in [0.3, 0.4) is 0 Å². The lowest BCUT2D eigenvalue weighted by Crippen LogP contribution is -2.43. The summed E-state index contributed by atoms with van der Waals surface area (Å²) < 4.78 is 5.00. The smallest absolute Gasteiger partial charge is 0.408 e. The predicted molar refractivity (Wildman–Crippen MR) is 140 cm³/mol. The summed E-state index contributed by atoms with van der Waals surface area (Å²) in [4.78, 5) is 59.2. The Bertz CT molecular complexity index is 753.